The number of carbonyl (C=O) groups is 1. The molecule has 0 spiro atoms. The summed E-state index contributed by atoms with van der Waals surface area (Å²) in [5.74, 6) is 0. The van der Waals surface area contributed by atoms with Gasteiger partial charge in [-0.1, -0.05) is 113 Å². The van der Waals surface area contributed by atoms with Gasteiger partial charge in [-0.05, 0) is 23.6 Å². The zero-order chi connectivity index (χ0) is 22.4. The molecule has 0 aliphatic rings. The molecule has 0 unspecified atom stereocenters. The van der Waals surface area contributed by atoms with Gasteiger partial charge in [0, 0.05) is 6.54 Å². The van der Waals surface area contributed by atoms with Crippen molar-refractivity contribution in [1.29, 1.82) is 0 Å². The van der Waals surface area contributed by atoms with E-state index in [0.29, 0.717) is 12.1 Å². The van der Waals surface area contributed by atoms with Crippen LogP contribution in [0, 0.1) is 0 Å². The molecule has 2 aromatic rings. The number of unbranched alkanes of at least 4 members (excludes halogenated alkanes) is 7. The lowest BCUT2D eigenvalue weighted by atomic mass is 10.1. The van der Waals surface area contributed by atoms with Crippen LogP contribution in [0.4, 0.5) is 4.79 Å². The van der Waals surface area contributed by atoms with Crippen LogP contribution in [-0.2, 0) is 10.0 Å². The van der Waals surface area contributed by atoms with Crippen molar-refractivity contribution in [1.82, 2.24) is 10.0 Å². The quantitative estimate of drug-likeness (QED) is 0.297. The first-order chi connectivity index (χ1) is 15.0. The van der Waals surface area contributed by atoms with Crippen molar-refractivity contribution in [2.45, 2.75) is 58.3 Å². The maximum Gasteiger partial charge on any atom is 0.328 e. The third-order valence-electron chi connectivity index (χ3n) is 4.99. The van der Waals surface area contributed by atoms with Crippen molar-refractivity contribution in [3.8, 4) is 0 Å². The zero-order valence-corrected chi connectivity index (χ0v) is 19.2. The molecule has 0 radical (unpaired) electrons. The number of carbonyl (C=O) groups excluding carboxylic acids is 1. The lowest BCUT2D eigenvalue weighted by Gasteiger charge is -2.12. The average Bonchev–Trinajstić information content (AvgIpc) is 2.77. The van der Waals surface area contributed by atoms with Gasteiger partial charge in [0.25, 0.3) is 10.0 Å². The fourth-order valence-corrected chi connectivity index (χ4v) is 4.46. The molecule has 168 valence electrons. The summed E-state index contributed by atoms with van der Waals surface area (Å²) in [5.41, 5.74) is 1.26. The van der Waals surface area contributed by atoms with E-state index in [1.165, 1.54) is 32.1 Å². The summed E-state index contributed by atoms with van der Waals surface area (Å²) >= 11 is 0. The Labute approximate surface area is 187 Å². The van der Waals surface area contributed by atoms with Gasteiger partial charge < -0.3 is 5.32 Å². The summed E-state index contributed by atoms with van der Waals surface area (Å²) in [6.07, 6.45) is 10.9. The normalized spacial score (nSPS) is 11.8. The summed E-state index contributed by atoms with van der Waals surface area (Å²) in [6, 6.07) is 17.3. The SMILES string of the molecule is CCCCCCCCCCNC(=O)NS(=O)(=O)C(=Cc1ccccc1)c1ccccc1. The molecule has 0 saturated heterocycles. The highest BCUT2D eigenvalue weighted by atomic mass is 32.2. The molecule has 0 fully saturated rings. The first-order valence-corrected chi connectivity index (χ1v) is 12.6. The van der Waals surface area contributed by atoms with Crippen LogP contribution < -0.4 is 10.0 Å². The minimum Gasteiger partial charge on any atom is -0.337 e. The number of hydrogen-bond donors (Lipinski definition) is 2. The van der Waals surface area contributed by atoms with Crippen LogP contribution >= 0.6 is 0 Å². The van der Waals surface area contributed by atoms with Crippen LogP contribution in [0.25, 0.3) is 11.0 Å². The van der Waals surface area contributed by atoms with Crippen LogP contribution in [0.3, 0.4) is 0 Å². The molecular weight excluding hydrogens is 408 g/mol. The van der Waals surface area contributed by atoms with E-state index < -0.39 is 16.1 Å². The largest absolute Gasteiger partial charge is 0.337 e. The summed E-state index contributed by atoms with van der Waals surface area (Å²) in [6.45, 7) is 2.66. The van der Waals surface area contributed by atoms with Gasteiger partial charge in [-0.3, -0.25) is 0 Å². The standard InChI is InChI=1S/C25H34N2O3S/c1-2-3-4-5-6-7-8-15-20-26-25(28)27-31(29,30)24(23-18-13-10-14-19-23)21-22-16-11-9-12-17-22/h9-14,16-19,21H,2-8,15,20H2,1H3,(H2,26,27,28). The highest BCUT2D eigenvalue weighted by Gasteiger charge is 2.22. The number of amides is 2. The predicted molar refractivity (Wildman–Crippen MR) is 129 cm³/mol. The fraction of sp³-hybridized carbons (Fsp3) is 0.400. The molecule has 0 atom stereocenters. The molecule has 0 saturated carbocycles. The van der Waals surface area contributed by atoms with E-state index in [1.807, 2.05) is 36.4 Å². The number of benzene rings is 2. The third kappa shape index (κ3) is 9.39. The summed E-state index contributed by atoms with van der Waals surface area (Å²) < 4.78 is 28.1. The van der Waals surface area contributed by atoms with E-state index >= 15 is 0 Å². The molecule has 0 aromatic heterocycles. The zero-order valence-electron chi connectivity index (χ0n) is 18.3. The number of nitrogens with one attached hydrogen (secondary N) is 2. The Morgan fingerprint density at radius 2 is 1.35 bits per heavy atom. The maximum atomic E-state index is 13.0. The lowest BCUT2D eigenvalue weighted by molar-refractivity contribution is 0.245. The monoisotopic (exact) mass is 442 g/mol. The van der Waals surface area contributed by atoms with Crippen molar-refractivity contribution in [2.75, 3.05) is 6.54 Å². The van der Waals surface area contributed by atoms with E-state index in [2.05, 4.69) is 17.0 Å². The van der Waals surface area contributed by atoms with Gasteiger partial charge in [-0.25, -0.2) is 17.9 Å². The van der Waals surface area contributed by atoms with Gasteiger partial charge >= 0.3 is 6.03 Å². The Kier molecular flexibility index (Phi) is 10.9. The highest BCUT2D eigenvalue weighted by Crippen LogP contribution is 2.23. The Morgan fingerprint density at radius 3 is 1.97 bits per heavy atom. The number of sulfonamides is 1. The van der Waals surface area contributed by atoms with Crippen molar-refractivity contribution in [3.63, 3.8) is 0 Å². The van der Waals surface area contributed by atoms with Gasteiger partial charge in [0.05, 0.1) is 4.91 Å². The van der Waals surface area contributed by atoms with Crippen molar-refractivity contribution in [3.05, 3.63) is 71.8 Å². The second-order valence-corrected chi connectivity index (χ2v) is 9.27. The first-order valence-electron chi connectivity index (χ1n) is 11.2. The van der Waals surface area contributed by atoms with Gasteiger partial charge in [0.1, 0.15) is 0 Å². The molecule has 6 heteroatoms. The molecule has 0 heterocycles. The molecule has 0 bridgehead atoms. The van der Waals surface area contributed by atoms with Gasteiger partial charge in [0.2, 0.25) is 0 Å². The molecule has 31 heavy (non-hydrogen) atoms. The maximum absolute atomic E-state index is 13.0. The highest BCUT2D eigenvalue weighted by molar-refractivity contribution is 7.99. The molecule has 0 aliphatic carbocycles. The van der Waals surface area contributed by atoms with E-state index in [0.717, 1.165) is 24.8 Å². The topological polar surface area (TPSA) is 75.3 Å². The van der Waals surface area contributed by atoms with E-state index in [1.54, 1.807) is 30.3 Å². The minimum atomic E-state index is -4.03. The predicted octanol–water partition coefficient (Wildman–Crippen LogP) is 5.95. The van der Waals surface area contributed by atoms with Crippen LogP contribution in [0.5, 0.6) is 0 Å². The van der Waals surface area contributed by atoms with Gasteiger partial charge in [-0.2, -0.15) is 0 Å². The summed E-state index contributed by atoms with van der Waals surface area (Å²) in [7, 11) is -4.03. The second-order valence-electron chi connectivity index (χ2n) is 7.62. The minimum absolute atomic E-state index is 0.0570. The molecular formula is C25H34N2O3S. The Hall–Kier alpha value is -2.60. The number of urea groups is 1. The molecule has 2 N–H and O–H groups in total. The van der Waals surface area contributed by atoms with E-state index in [-0.39, 0.29) is 4.91 Å². The lowest BCUT2D eigenvalue weighted by Crippen LogP contribution is -2.40. The Morgan fingerprint density at radius 1 is 0.806 bits per heavy atom. The Balaban J connectivity index is 1.90. The molecule has 2 rings (SSSR count). The van der Waals surface area contributed by atoms with E-state index in [9.17, 15) is 13.2 Å². The fourth-order valence-electron chi connectivity index (χ4n) is 3.29. The van der Waals surface area contributed by atoms with Crippen LogP contribution in [0.1, 0.15) is 69.4 Å². The second kappa shape index (κ2) is 13.7. The van der Waals surface area contributed by atoms with Gasteiger partial charge in [-0.15, -0.1) is 0 Å². The number of hydrogen-bond acceptors (Lipinski definition) is 3. The van der Waals surface area contributed by atoms with Crippen LogP contribution in [0.2, 0.25) is 0 Å². The van der Waals surface area contributed by atoms with Crippen LogP contribution in [0.15, 0.2) is 60.7 Å². The first kappa shape index (κ1) is 24.7. The van der Waals surface area contributed by atoms with Gasteiger partial charge in [0.15, 0.2) is 0 Å². The molecule has 2 aromatic carbocycles. The number of rotatable bonds is 13. The van der Waals surface area contributed by atoms with E-state index in [4.69, 9.17) is 0 Å². The molecule has 5 nitrogen and oxygen atoms in total. The molecule has 0 aliphatic heterocycles. The van der Waals surface area contributed by atoms with Crippen molar-refractivity contribution < 1.29 is 13.2 Å². The summed E-state index contributed by atoms with van der Waals surface area (Å²) in [4.78, 5) is 12.3. The smallest absolute Gasteiger partial charge is 0.328 e. The molecule has 2 amide bonds. The van der Waals surface area contributed by atoms with Crippen molar-refractivity contribution >= 4 is 27.0 Å². The van der Waals surface area contributed by atoms with Crippen molar-refractivity contribution in [2.24, 2.45) is 0 Å². The van der Waals surface area contributed by atoms with Crippen LogP contribution in [-0.4, -0.2) is 21.0 Å². The summed E-state index contributed by atoms with van der Waals surface area (Å²) in [5, 5.41) is 2.66. The third-order valence-corrected chi connectivity index (χ3v) is 6.37. The Bertz CT molecular complexity index is 910. The average molecular weight is 443 g/mol.